The summed E-state index contributed by atoms with van der Waals surface area (Å²) >= 11 is 13.0. The van der Waals surface area contributed by atoms with E-state index in [1.807, 2.05) is 6.26 Å². The Morgan fingerprint density at radius 3 is 2.48 bits per heavy atom. The lowest BCUT2D eigenvalue weighted by molar-refractivity contribution is -0.145. The van der Waals surface area contributed by atoms with Crippen LogP contribution in [0.3, 0.4) is 0 Å². The maximum atomic E-state index is 12.3. The number of amides is 1. The Kier molecular flexibility index (Phi) is 8.85. The number of ether oxygens (including phenoxy) is 1. The van der Waals surface area contributed by atoms with Crippen molar-refractivity contribution in [3.05, 3.63) is 17.6 Å². The van der Waals surface area contributed by atoms with Crippen molar-refractivity contribution >= 4 is 82.8 Å². The maximum Gasteiger partial charge on any atom is 0.328 e. The summed E-state index contributed by atoms with van der Waals surface area (Å²) in [5.74, 6) is 0.0751. The van der Waals surface area contributed by atoms with E-state index in [-0.39, 0.29) is 5.91 Å². The second-order valence-electron chi connectivity index (χ2n) is 3.89. The van der Waals surface area contributed by atoms with Crippen molar-refractivity contribution in [2.24, 2.45) is 0 Å². The predicted octanol–water partition coefficient (Wildman–Crippen LogP) is 4.45. The maximum absolute atomic E-state index is 12.3. The molecule has 1 aromatic heterocycles. The van der Waals surface area contributed by atoms with Gasteiger partial charge in [-0.05, 0) is 73.1 Å². The molecule has 0 aromatic carbocycles. The minimum absolute atomic E-state index is 0.294. The molecule has 0 spiro atoms. The monoisotopic (exact) mass is 521 g/mol. The lowest BCUT2D eigenvalue weighted by Gasteiger charge is -2.16. The summed E-state index contributed by atoms with van der Waals surface area (Å²) in [6, 6.07) is -0.628. The summed E-state index contributed by atoms with van der Waals surface area (Å²) in [4.78, 5) is 24.7. The normalized spacial score (nSPS) is 12.0. The molecule has 21 heavy (non-hydrogen) atoms. The van der Waals surface area contributed by atoms with Crippen LogP contribution in [0.2, 0.25) is 0 Å². The molecule has 1 atom stereocenters. The van der Waals surface area contributed by atoms with Crippen LogP contribution in [0.25, 0.3) is 0 Å². The van der Waals surface area contributed by atoms with E-state index in [1.54, 1.807) is 18.7 Å². The van der Waals surface area contributed by atoms with Gasteiger partial charge in [-0.15, -0.1) is 11.3 Å². The fourth-order valence-electron chi connectivity index (χ4n) is 1.46. The highest BCUT2D eigenvalue weighted by atomic mass is 79.9. The average molecular weight is 524 g/mol. The van der Waals surface area contributed by atoms with Gasteiger partial charge in [0.05, 0.1) is 19.3 Å². The highest BCUT2D eigenvalue weighted by Crippen LogP contribution is 2.40. The van der Waals surface area contributed by atoms with Crippen molar-refractivity contribution in [3.63, 3.8) is 0 Å². The molecule has 1 amide bonds. The third-order valence-corrected chi connectivity index (χ3v) is 8.13. The SMILES string of the molecule is CCOC(=O)[C@H](CCSC)NC(=O)c1sc(Br)c(Br)c1Br. The zero-order valence-corrected chi connectivity index (χ0v) is 17.8. The second-order valence-corrected chi connectivity index (χ2v) is 8.80. The largest absolute Gasteiger partial charge is 0.464 e. The number of carbonyl (C=O) groups is 2. The number of halogens is 3. The molecule has 4 nitrogen and oxygen atoms in total. The predicted molar refractivity (Wildman–Crippen MR) is 98.3 cm³/mol. The van der Waals surface area contributed by atoms with Gasteiger partial charge in [-0.25, -0.2) is 4.79 Å². The van der Waals surface area contributed by atoms with E-state index in [9.17, 15) is 9.59 Å². The molecule has 0 bridgehead atoms. The van der Waals surface area contributed by atoms with E-state index in [0.29, 0.717) is 22.4 Å². The van der Waals surface area contributed by atoms with Gasteiger partial charge in [0.15, 0.2) is 0 Å². The number of rotatable bonds is 7. The number of nitrogens with one attached hydrogen (secondary N) is 1. The molecule has 1 aromatic rings. The van der Waals surface area contributed by atoms with Crippen molar-refractivity contribution in [1.82, 2.24) is 5.32 Å². The summed E-state index contributed by atoms with van der Waals surface area (Å²) in [6.07, 6.45) is 2.49. The Balaban J connectivity index is 2.83. The minimum Gasteiger partial charge on any atom is -0.464 e. The molecule has 0 aliphatic carbocycles. The van der Waals surface area contributed by atoms with Crippen LogP contribution < -0.4 is 5.32 Å². The summed E-state index contributed by atoms with van der Waals surface area (Å²) < 4.78 is 7.28. The van der Waals surface area contributed by atoms with E-state index < -0.39 is 12.0 Å². The summed E-state index contributed by atoms with van der Waals surface area (Å²) in [5.41, 5.74) is 0. The first-order valence-electron chi connectivity index (χ1n) is 6.02. The van der Waals surface area contributed by atoms with Crippen molar-refractivity contribution in [3.8, 4) is 0 Å². The molecule has 0 aliphatic rings. The number of esters is 1. The van der Waals surface area contributed by atoms with Gasteiger partial charge in [0.25, 0.3) is 5.91 Å². The number of thioether (sulfide) groups is 1. The Morgan fingerprint density at radius 1 is 1.33 bits per heavy atom. The lowest BCUT2D eigenvalue weighted by Crippen LogP contribution is -2.42. The van der Waals surface area contributed by atoms with Gasteiger partial charge in [0, 0.05) is 0 Å². The highest BCUT2D eigenvalue weighted by Gasteiger charge is 2.25. The van der Waals surface area contributed by atoms with Crippen LogP contribution in [0.1, 0.15) is 23.0 Å². The lowest BCUT2D eigenvalue weighted by atomic mass is 10.2. The second kappa shape index (κ2) is 9.54. The molecule has 1 heterocycles. The quantitative estimate of drug-likeness (QED) is 0.536. The van der Waals surface area contributed by atoms with Crippen LogP contribution in [-0.4, -0.2) is 36.5 Å². The summed E-state index contributed by atoms with van der Waals surface area (Å²) in [7, 11) is 0. The molecular weight excluding hydrogens is 510 g/mol. The summed E-state index contributed by atoms with van der Waals surface area (Å²) in [6.45, 7) is 2.04. The van der Waals surface area contributed by atoms with E-state index in [2.05, 4.69) is 53.1 Å². The number of hydrogen-bond acceptors (Lipinski definition) is 5. The topological polar surface area (TPSA) is 55.4 Å². The first-order chi connectivity index (χ1) is 9.92. The van der Waals surface area contributed by atoms with Crippen molar-refractivity contribution < 1.29 is 14.3 Å². The first-order valence-corrected chi connectivity index (χ1v) is 10.6. The van der Waals surface area contributed by atoms with Crippen molar-refractivity contribution in [2.45, 2.75) is 19.4 Å². The fourth-order valence-corrected chi connectivity index (χ4v) is 4.92. The van der Waals surface area contributed by atoms with Gasteiger partial charge in [0.1, 0.15) is 10.9 Å². The van der Waals surface area contributed by atoms with E-state index in [0.717, 1.165) is 14.0 Å². The number of thiophene rings is 1. The van der Waals surface area contributed by atoms with E-state index in [1.165, 1.54) is 11.3 Å². The zero-order chi connectivity index (χ0) is 16.0. The Hall–Kier alpha value is 0.430. The van der Waals surface area contributed by atoms with Gasteiger partial charge in [0.2, 0.25) is 0 Å². The van der Waals surface area contributed by atoms with Gasteiger partial charge >= 0.3 is 5.97 Å². The van der Waals surface area contributed by atoms with Gasteiger partial charge in [-0.3, -0.25) is 4.79 Å². The Bertz CT molecular complexity index is 522. The third kappa shape index (κ3) is 5.53. The standard InChI is InChI=1S/C12H14Br3NO3S2/c1-3-19-12(18)6(4-5-20-2)16-11(17)9-7(13)8(14)10(15)21-9/h6H,3-5H2,1-2H3,(H,16,17)/t6-/m0/s1. The number of carbonyl (C=O) groups excluding carboxylic acids is 2. The van der Waals surface area contributed by atoms with Crippen molar-refractivity contribution in [1.29, 1.82) is 0 Å². The van der Waals surface area contributed by atoms with Crippen LogP contribution in [-0.2, 0) is 9.53 Å². The smallest absolute Gasteiger partial charge is 0.328 e. The Morgan fingerprint density at radius 2 is 2.00 bits per heavy atom. The molecule has 0 unspecified atom stereocenters. The van der Waals surface area contributed by atoms with Crippen LogP contribution in [0.4, 0.5) is 0 Å². The van der Waals surface area contributed by atoms with Crippen LogP contribution in [0.5, 0.6) is 0 Å². The van der Waals surface area contributed by atoms with Crippen LogP contribution in [0.15, 0.2) is 12.7 Å². The first kappa shape index (κ1) is 19.5. The summed E-state index contributed by atoms with van der Waals surface area (Å²) in [5, 5.41) is 2.75. The third-order valence-electron chi connectivity index (χ3n) is 2.45. The molecular formula is C12H14Br3NO3S2. The zero-order valence-electron chi connectivity index (χ0n) is 11.4. The number of hydrogen-bond donors (Lipinski definition) is 1. The molecule has 0 saturated carbocycles. The molecule has 118 valence electrons. The molecule has 1 rings (SSSR count). The van der Waals surface area contributed by atoms with E-state index in [4.69, 9.17) is 4.74 Å². The fraction of sp³-hybridized carbons (Fsp3) is 0.500. The Labute approximate surface area is 157 Å². The van der Waals surface area contributed by atoms with Crippen LogP contribution in [0, 0.1) is 0 Å². The van der Waals surface area contributed by atoms with Gasteiger partial charge in [-0.1, -0.05) is 0 Å². The van der Waals surface area contributed by atoms with E-state index >= 15 is 0 Å². The average Bonchev–Trinajstić information content (AvgIpc) is 2.71. The van der Waals surface area contributed by atoms with Crippen LogP contribution >= 0.6 is 70.9 Å². The molecule has 0 saturated heterocycles. The molecule has 1 N–H and O–H groups in total. The molecule has 9 heteroatoms. The van der Waals surface area contributed by atoms with Gasteiger partial charge < -0.3 is 10.1 Å². The molecule has 0 radical (unpaired) electrons. The highest BCUT2D eigenvalue weighted by molar-refractivity contribution is 9.14. The van der Waals surface area contributed by atoms with Gasteiger partial charge in [-0.2, -0.15) is 11.8 Å². The molecule has 0 aliphatic heterocycles. The van der Waals surface area contributed by atoms with Crippen molar-refractivity contribution in [2.75, 3.05) is 18.6 Å². The minimum atomic E-state index is -0.628. The molecule has 0 fully saturated rings.